The Morgan fingerprint density at radius 3 is 2.35 bits per heavy atom. The number of nitrogens with one attached hydrogen (secondary N) is 2. The van der Waals surface area contributed by atoms with Crippen LogP contribution in [0.1, 0.15) is 44.9 Å². The number of rotatable bonds is 5. The molecule has 0 aliphatic heterocycles. The maximum atomic E-state index is 11.1. The van der Waals surface area contributed by atoms with Gasteiger partial charge < -0.3 is 5.32 Å². The first-order chi connectivity index (χ1) is 9.10. The lowest BCUT2D eigenvalue weighted by Crippen LogP contribution is -2.44. The molecule has 5 nitrogen and oxygen atoms in total. The van der Waals surface area contributed by atoms with E-state index in [1.165, 1.54) is 0 Å². The molecule has 112 valence electrons. The van der Waals surface area contributed by atoms with Gasteiger partial charge >= 0.3 is 0 Å². The van der Waals surface area contributed by atoms with Crippen LogP contribution in [0.15, 0.2) is 18.3 Å². The van der Waals surface area contributed by atoms with E-state index in [0.717, 1.165) is 30.4 Å². The van der Waals surface area contributed by atoms with Gasteiger partial charge in [0.15, 0.2) is 0 Å². The van der Waals surface area contributed by atoms with E-state index in [0.29, 0.717) is 0 Å². The average molecular weight is 297 g/mol. The van der Waals surface area contributed by atoms with Crippen molar-refractivity contribution in [2.45, 2.75) is 51.2 Å². The van der Waals surface area contributed by atoms with Crippen LogP contribution in [-0.4, -0.2) is 25.2 Å². The third kappa shape index (κ3) is 4.26. The second-order valence-corrected chi connectivity index (χ2v) is 8.44. The Labute approximate surface area is 121 Å². The van der Waals surface area contributed by atoms with E-state index in [9.17, 15) is 8.42 Å². The third-order valence-corrected chi connectivity index (χ3v) is 3.89. The second kappa shape index (κ2) is 5.09. The zero-order chi connectivity index (χ0) is 15.0. The molecule has 0 unspecified atom stereocenters. The molecular weight excluding hydrogens is 274 g/mol. The van der Waals surface area contributed by atoms with Gasteiger partial charge in [0.25, 0.3) is 0 Å². The van der Waals surface area contributed by atoms with Crippen molar-refractivity contribution in [1.82, 2.24) is 15.0 Å². The van der Waals surface area contributed by atoms with Gasteiger partial charge in [0, 0.05) is 18.3 Å². The first-order valence-electron chi connectivity index (χ1n) is 6.79. The summed E-state index contributed by atoms with van der Waals surface area (Å²) in [6.45, 7) is 6.73. The van der Waals surface area contributed by atoms with E-state index in [4.69, 9.17) is 0 Å². The standard InChI is InChI=1S/C14H23N3O2S/c1-13(2,3)17-14(7-8-14)12-6-5-11(9-15-12)10-16-20(4,18)19/h5-6,9,16-17H,7-8,10H2,1-4H3. The van der Waals surface area contributed by atoms with Crippen LogP contribution in [0.5, 0.6) is 0 Å². The van der Waals surface area contributed by atoms with Gasteiger partial charge in [-0.2, -0.15) is 0 Å². The highest BCUT2D eigenvalue weighted by molar-refractivity contribution is 7.88. The van der Waals surface area contributed by atoms with Crippen molar-refractivity contribution in [3.63, 3.8) is 0 Å². The first kappa shape index (κ1) is 15.4. The van der Waals surface area contributed by atoms with Crippen LogP contribution in [0.2, 0.25) is 0 Å². The molecule has 1 fully saturated rings. The Kier molecular flexibility index (Phi) is 3.92. The molecule has 1 aliphatic rings. The van der Waals surface area contributed by atoms with Crippen LogP contribution in [0.4, 0.5) is 0 Å². The molecule has 0 atom stereocenters. The minimum absolute atomic E-state index is 0.00103. The summed E-state index contributed by atoms with van der Waals surface area (Å²) in [6, 6.07) is 3.93. The number of nitrogens with zero attached hydrogens (tertiary/aromatic N) is 1. The molecule has 0 saturated heterocycles. The highest BCUT2D eigenvalue weighted by Gasteiger charge is 2.47. The molecule has 2 N–H and O–H groups in total. The minimum atomic E-state index is -3.16. The summed E-state index contributed by atoms with van der Waals surface area (Å²) in [7, 11) is -3.16. The van der Waals surface area contributed by atoms with Crippen molar-refractivity contribution in [2.24, 2.45) is 0 Å². The molecule has 0 amide bonds. The molecular formula is C14H23N3O2S. The van der Waals surface area contributed by atoms with Gasteiger partial charge in [-0.1, -0.05) is 6.07 Å². The molecule has 6 heteroatoms. The van der Waals surface area contributed by atoms with Crippen LogP contribution in [0.25, 0.3) is 0 Å². The molecule has 1 aromatic heterocycles. The predicted molar refractivity (Wildman–Crippen MR) is 79.7 cm³/mol. The van der Waals surface area contributed by atoms with E-state index in [2.05, 4.69) is 35.8 Å². The number of sulfonamides is 1. The van der Waals surface area contributed by atoms with Gasteiger partial charge in [-0.15, -0.1) is 0 Å². The minimum Gasteiger partial charge on any atom is -0.301 e. The van der Waals surface area contributed by atoms with Crippen molar-refractivity contribution >= 4 is 10.0 Å². The fraction of sp³-hybridized carbons (Fsp3) is 0.643. The molecule has 2 rings (SSSR count). The Morgan fingerprint density at radius 1 is 1.30 bits per heavy atom. The van der Waals surface area contributed by atoms with E-state index < -0.39 is 10.0 Å². The Balaban J connectivity index is 2.05. The summed E-state index contributed by atoms with van der Waals surface area (Å²) in [5, 5.41) is 3.62. The summed E-state index contributed by atoms with van der Waals surface area (Å²) in [4.78, 5) is 4.50. The summed E-state index contributed by atoms with van der Waals surface area (Å²) < 4.78 is 24.6. The summed E-state index contributed by atoms with van der Waals surface area (Å²) in [5.74, 6) is 0. The molecule has 0 aromatic carbocycles. The van der Waals surface area contributed by atoms with Crippen molar-refractivity contribution in [3.05, 3.63) is 29.6 Å². The SMILES string of the molecule is CC(C)(C)NC1(c2ccc(CNS(C)(=O)=O)cn2)CC1. The van der Waals surface area contributed by atoms with Crippen LogP contribution >= 0.6 is 0 Å². The predicted octanol–water partition coefficient (Wildman–Crippen LogP) is 1.51. The number of aromatic nitrogens is 1. The fourth-order valence-electron chi connectivity index (χ4n) is 2.31. The molecule has 1 saturated carbocycles. The Morgan fingerprint density at radius 2 is 1.95 bits per heavy atom. The van der Waals surface area contributed by atoms with Gasteiger partial charge in [-0.3, -0.25) is 4.98 Å². The van der Waals surface area contributed by atoms with Gasteiger partial charge in [0.2, 0.25) is 10.0 Å². The maximum Gasteiger partial charge on any atom is 0.209 e. The molecule has 0 spiro atoms. The average Bonchev–Trinajstić information content (AvgIpc) is 3.04. The van der Waals surface area contributed by atoms with Crippen molar-refractivity contribution in [1.29, 1.82) is 0 Å². The topological polar surface area (TPSA) is 71.1 Å². The largest absolute Gasteiger partial charge is 0.301 e. The molecule has 0 radical (unpaired) electrons. The normalized spacial score (nSPS) is 18.0. The first-order valence-corrected chi connectivity index (χ1v) is 8.68. The van der Waals surface area contributed by atoms with Crippen molar-refractivity contribution < 1.29 is 8.42 Å². The van der Waals surface area contributed by atoms with E-state index in [-0.39, 0.29) is 17.6 Å². The van der Waals surface area contributed by atoms with E-state index >= 15 is 0 Å². The van der Waals surface area contributed by atoms with Crippen molar-refractivity contribution in [3.8, 4) is 0 Å². The van der Waals surface area contributed by atoms with Crippen LogP contribution in [0.3, 0.4) is 0 Å². The summed E-state index contributed by atoms with van der Waals surface area (Å²) in [6.07, 6.45) is 5.09. The van der Waals surface area contributed by atoms with E-state index in [1.807, 2.05) is 12.1 Å². The lowest BCUT2D eigenvalue weighted by atomic mass is 10.0. The lowest BCUT2D eigenvalue weighted by Gasteiger charge is -2.28. The molecule has 20 heavy (non-hydrogen) atoms. The molecule has 1 heterocycles. The van der Waals surface area contributed by atoms with Crippen molar-refractivity contribution in [2.75, 3.05) is 6.26 Å². The number of hydrogen-bond acceptors (Lipinski definition) is 4. The van der Waals surface area contributed by atoms with Crippen LogP contribution in [-0.2, 0) is 22.1 Å². The van der Waals surface area contributed by atoms with Gasteiger partial charge in [0.05, 0.1) is 17.5 Å². The Bertz CT molecular complexity index is 569. The zero-order valence-corrected chi connectivity index (χ0v) is 13.3. The number of hydrogen-bond donors (Lipinski definition) is 2. The smallest absolute Gasteiger partial charge is 0.209 e. The zero-order valence-electron chi connectivity index (χ0n) is 12.5. The molecule has 1 aliphatic carbocycles. The molecule has 1 aromatic rings. The van der Waals surface area contributed by atoms with Gasteiger partial charge in [-0.25, -0.2) is 13.1 Å². The fourth-order valence-corrected chi connectivity index (χ4v) is 2.74. The highest BCUT2D eigenvalue weighted by atomic mass is 32.2. The van der Waals surface area contributed by atoms with E-state index in [1.54, 1.807) is 6.20 Å². The summed E-state index contributed by atoms with van der Waals surface area (Å²) in [5.41, 5.74) is 1.96. The highest BCUT2D eigenvalue weighted by Crippen LogP contribution is 2.45. The Hall–Kier alpha value is -0.980. The van der Waals surface area contributed by atoms with Crippen LogP contribution < -0.4 is 10.0 Å². The lowest BCUT2D eigenvalue weighted by molar-refractivity contribution is 0.344. The number of pyridine rings is 1. The summed E-state index contributed by atoms with van der Waals surface area (Å²) >= 11 is 0. The molecule has 0 bridgehead atoms. The van der Waals surface area contributed by atoms with Gasteiger partial charge in [0.1, 0.15) is 0 Å². The quantitative estimate of drug-likeness (QED) is 0.864. The third-order valence-electron chi connectivity index (χ3n) is 3.22. The maximum absolute atomic E-state index is 11.1. The van der Waals surface area contributed by atoms with Gasteiger partial charge in [-0.05, 0) is 45.2 Å². The second-order valence-electron chi connectivity index (χ2n) is 6.60. The van der Waals surface area contributed by atoms with Crippen LogP contribution in [0, 0.1) is 0 Å². The monoisotopic (exact) mass is 297 g/mol.